The summed E-state index contributed by atoms with van der Waals surface area (Å²) in [5, 5.41) is 0.364. The maximum Gasteiger partial charge on any atom is 0.214 e. The lowest BCUT2D eigenvalue weighted by molar-refractivity contribution is 0.287. The highest BCUT2D eigenvalue weighted by molar-refractivity contribution is 6.30. The third kappa shape index (κ3) is 3.33. The average Bonchev–Trinajstić information content (AvgIpc) is 3.09. The van der Waals surface area contributed by atoms with Crippen LogP contribution >= 0.6 is 11.6 Å². The van der Waals surface area contributed by atoms with Gasteiger partial charge in [0.2, 0.25) is 5.88 Å². The summed E-state index contributed by atoms with van der Waals surface area (Å²) in [6.45, 7) is 0.0967. The van der Waals surface area contributed by atoms with Gasteiger partial charge in [0.25, 0.3) is 0 Å². The number of aromatic nitrogens is 3. The van der Waals surface area contributed by atoms with Crippen LogP contribution in [0.25, 0.3) is 11.1 Å². The fraction of sp³-hybridized carbons (Fsp3) is 0.211. The van der Waals surface area contributed by atoms with Crippen molar-refractivity contribution in [2.24, 2.45) is 0 Å². The van der Waals surface area contributed by atoms with Crippen LogP contribution in [0.15, 0.2) is 43.0 Å². The molecular weight excluding hydrogens is 341 g/mol. The van der Waals surface area contributed by atoms with Gasteiger partial charge in [0.05, 0.1) is 0 Å². The van der Waals surface area contributed by atoms with E-state index in [0.717, 1.165) is 36.1 Å². The highest BCUT2D eigenvalue weighted by Gasteiger charge is 2.20. The van der Waals surface area contributed by atoms with Gasteiger partial charge in [-0.15, -0.1) is 0 Å². The lowest BCUT2D eigenvalue weighted by atomic mass is 10.0. The number of fused-ring (bicyclic) bond motifs is 1. The average molecular weight is 356 g/mol. The van der Waals surface area contributed by atoms with E-state index in [0.29, 0.717) is 16.5 Å². The van der Waals surface area contributed by atoms with E-state index in [1.807, 2.05) is 6.07 Å². The second-order valence-corrected chi connectivity index (χ2v) is 6.37. The normalized spacial score (nSPS) is 12.9. The fourth-order valence-electron chi connectivity index (χ4n) is 3.08. The summed E-state index contributed by atoms with van der Waals surface area (Å²) in [6, 6.07) is 6.43. The fourth-order valence-corrected chi connectivity index (χ4v) is 3.24. The van der Waals surface area contributed by atoms with E-state index >= 15 is 0 Å². The molecule has 0 atom stereocenters. The van der Waals surface area contributed by atoms with Crippen molar-refractivity contribution in [2.75, 3.05) is 0 Å². The summed E-state index contributed by atoms with van der Waals surface area (Å²) in [6.07, 6.45) is 8.04. The molecule has 0 N–H and O–H groups in total. The molecule has 0 saturated heterocycles. The standard InChI is InChI=1S/C19H15ClFN3O/c20-14-5-4-12(17(21)6-14)10-25-19-7-16(13-8-22-11-23-9-13)15-2-1-3-18(15)24-19/h4-9,11H,1-3,10H2. The number of rotatable bonds is 4. The minimum Gasteiger partial charge on any atom is -0.473 e. The highest BCUT2D eigenvalue weighted by atomic mass is 35.5. The van der Waals surface area contributed by atoms with E-state index in [9.17, 15) is 4.39 Å². The van der Waals surface area contributed by atoms with Gasteiger partial charge < -0.3 is 4.74 Å². The number of hydrogen-bond acceptors (Lipinski definition) is 4. The van der Waals surface area contributed by atoms with Crippen molar-refractivity contribution in [3.63, 3.8) is 0 Å². The molecule has 0 fully saturated rings. The molecule has 4 rings (SSSR count). The molecular formula is C19H15ClFN3O. The van der Waals surface area contributed by atoms with Crippen molar-refractivity contribution >= 4 is 11.6 Å². The molecule has 1 aliphatic rings. The minimum absolute atomic E-state index is 0.0967. The first kappa shape index (κ1) is 16.0. The Labute approximate surface area is 149 Å². The smallest absolute Gasteiger partial charge is 0.214 e. The number of nitrogens with zero attached hydrogens (tertiary/aromatic N) is 3. The first-order valence-corrected chi connectivity index (χ1v) is 8.43. The van der Waals surface area contributed by atoms with Crippen LogP contribution < -0.4 is 4.74 Å². The Morgan fingerprint density at radius 3 is 2.76 bits per heavy atom. The lowest BCUT2D eigenvalue weighted by Crippen LogP contribution is -2.02. The molecule has 2 heterocycles. The number of benzene rings is 1. The first-order chi connectivity index (χ1) is 12.2. The van der Waals surface area contributed by atoms with Gasteiger partial charge in [0.15, 0.2) is 0 Å². The quantitative estimate of drug-likeness (QED) is 0.696. The molecule has 0 spiro atoms. The van der Waals surface area contributed by atoms with Crippen LogP contribution in [0.3, 0.4) is 0 Å². The van der Waals surface area contributed by atoms with E-state index in [1.54, 1.807) is 24.5 Å². The van der Waals surface area contributed by atoms with Crippen molar-refractivity contribution in [2.45, 2.75) is 25.9 Å². The lowest BCUT2D eigenvalue weighted by Gasteiger charge is -2.12. The molecule has 2 aromatic heterocycles. The van der Waals surface area contributed by atoms with Crippen LogP contribution in [0.5, 0.6) is 5.88 Å². The Morgan fingerprint density at radius 2 is 1.96 bits per heavy atom. The molecule has 25 heavy (non-hydrogen) atoms. The second kappa shape index (κ2) is 6.76. The largest absolute Gasteiger partial charge is 0.473 e. The third-order valence-corrected chi connectivity index (χ3v) is 4.52. The van der Waals surface area contributed by atoms with E-state index in [1.165, 1.54) is 18.0 Å². The van der Waals surface area contributed by atoms with Gasteiger partial charge in [0.1, 0.15) is 18.8 Å². The zero-order chi connectivity index (χ0) is 17.2. The maximum absolute atomic E-state index is 13.9. The van der Waals surface area contributed by atoms with Gasteiger partial charge >= 0.3 is 0 Å². The summed E-state index contributed by atoms with van der Waals surface area (Å²) in [5.41, 5.74) is 4.67. The summed E-state index contributed by atoms with van der Waals surface area (Å²) < 4.78 is 19.7. The first-order valence-electron chi connectivity index (χ1n) is 8.05. The van der Waals surface area contributed by atoms with Crippen molar-refractivity contribution in [1.82, 2.24) is 15.0 Å². The number of hydrogen-bond donors (Lipinski definition) is 0. The molecule has 1 aliphatic carbocycles. The monoisotopic (exact) mass is 355 g/mol. The molecule has 1 aromatic carbocycles. The summed E-state index contributed by atoms with van der Waals surface area (Å²) in [7, 11) is 0. The molecule has 0 bridgehead atoms. The molecule has 3 aromatic rings. The Morgan fingerprint density at radius 1 is 1.12 bits per heavy atom. The predicted molar refractivity (Wildman–Crippen MR) is 93.0 cm³/mol. The summed E-state index contributed by atoms with van der Waals surface area (Å²) >= 11 is 5.78. The van der Waals surface area contributed by atoms with E-state index in [-0.39, 0.29) is 12.4 Å². The SMILES string of the molecule is Fc1cc(Cl)ccc1COc1cc(-c2cncnc2)c2c(n1)CCC2. The van der Waals surface area contributed by atoms with Crippen LogP contribution in [-0.4, -0.2) is 15.0 Å². The van der Waals surface area contributed by atoms with Gasteiger partial charge in [-0.3, -0.25) is 0 Å². The predicted octanol–water partition coefficient (Wildman–Crippen LogP) is 4.40. The molecule has 0 unspecified atom stereocenters. The van der Waals surface area contributed by atoms with E-state index < -0.39 is 0 Å². The Bertz CT molecular complexity index is 918. The topological polar surface area (TPSA) is 47.9 Å². The van der Waals surface area contributed by atoms with Crippen molar-refractivity contribution in [1.29, 1.82) is 0 Å². The maximum atomic E-state index is 13.9. The highest BCUT2D eigenvalue weighted by Crippen LogP contribution is 2.33. The van der Waals surface area contributed by atoms with Crippen LogP contribution in [0, 0.1) is 5.82 Å². The van der Waals surface area contributed by atoms with Gasteiger partial charge in [-0.1, -0.05) is 17.7 Å². The Hall–Kier alpha value is -2.53. The minimum atomic E-state index is -0.384. The number of aryl methyl sites for hydroxylation is 1. The van der Waals surface area contributed by atoms with Crippen LogP contribution in [0.1, 0.15) is 23.2 Å². The van der Waals surface area contributed by atoms with Gasteiger partial charge in [-0.2, -0.15) is 0 Å². The number of ether oxygens (including phenoxy) is 1. The van der Waals surface area contributed by atoms with Crippen molar-refractivity contribution in [3.8, 4) is 17.0 Å². The Kier molecular flexibility index (Phi) is 4.32. The molecule has 6 heteroatoms. The van der Waals surface area contributed by atoms with Crippen LogP contribution in [0.2, 0.25) is 5.02 Å². The van der Waals surface area contributed by atoms with Crippen molar-refractivity contribution in [3.05, 3.63) is 70.6 Å². The van der Waals surface area contributed by atoms with Crippen LogP contribution in [0.4, 0.5) is 4.39 Å². The zero-order valence-corrected chi connectivity index (χ0v) is 14.1. The molecule has 0 saturated carbocycles. The number of pyridine rings is 1. The van der Waals surface area contributed by atoms with Crippen LogP contribution in [-0.2, 0) is 19.4 Å². The van der Waals surface area contributed by atoms with Crippen molar-refractivity contribution < 1.29 is 9.13 Å². The number of halogens is 2. The summed E-state index contributed by atoms with van der Waals surface area (Å²) in [5.74, 6) is 0.0965. The Balaban J connectivity index is 1.64. The second-order valence-electron chi connectivity index (χ2n) is 5.94. The molecule has 4 nitrogen and oxygen atoms in total. The molecule has 126 valence electrons. The zero-order valence-electron chi connectivity index (χ0n) is 13.4. The molecule has 0 aliphatic heterocycles. The van der Waals surface area contributed by atoms with E-state index in [2.05, 4.69) is 15.0 Å². The summed E-state index contributed by atoms with van der Waals surface area (Å²) in [4.78, 5) is 12.8. The van der Waals surface area contributed by atoms with Gasteiger partial charge in [0, 0.05) is 40.3 Å². The molecule has 0 amide bonds. The van der Waals surface area contributed by atoms with E-state index in [4.69, 9.17) is 16.3 Å². The molecule has 0 radical (unpaired) electrons. The van der Waals surface area contributed by atoms with Gasteiger partial charge in [-0.25, -0.2) is 19.3 Å². The third-order valence-electron chi connectivity index (χ3n) is 4.29. The van der Waals surface area contributed by atoms with Gasteiger partial charge in [-0.05, 0) is 42.5 Å².